The Hall–Kier alpha value is -1.55. The molecule has 1 fully saturated rings. The van der Waals surface area contributed by atoms with Crippen molar-refractivity contribution in [3.63, 3.8) is 0 Å². The molecular formula is C16H23FN2O5S. The summed E-state index contributed by atoms with van der Waals surface area (Å²) >= 11 is 0. The van der Waals surface area contributed by atoms with Crippen molar-refractivity contribution in [2.45, 2.75) is 11.3 Å². The number of sulfonamides is 1. The number of hydrogen-bond acceptors (Lipinski definition) is 5. The van der Waals surface area contributed by atoms with Gasteiger partial charge in [-0.15, -0.1) is 0 Å². The first kappa shape index (κ1) is 19.8. The first-order chi connectivity index (χ1) is 11.9. The molecule has 25 heavy (non-hydrogen) atoms. The van der Waals surface area contributed by atoms with Gasteiger partial charge in [-0.25, -0.2) is 12.8 Å². The molecule has 0 spiro atoms. The van der Waals surface area contributed by atoms with Crippen LogP contribution in [0.25, 0.3) is 0 Å². The van der Waals surface area contributed by atoms with Gasteiger partial charge in [0.05, 0.1) is 23.7 Å². The Bertz CT molecular complexity index is 704. The van der Waals surface area contributed by atoms with Gasteiger partial charge in [-0.1, -0.05) is 0 Å². The molecule has 0 N–H and O–H groups in total. The van der Waals surface area contributed by atoms with Crippen molar-refractivity contribution in [3.8, 4) is 0 Å². The number of halogens is 1. The van der Waals surface area contributed by atoms with Crippen molar-refractivity contribution in [2.24, 2.45) is 0 Å². The average molecular weight is 374 g/mol. The molecular weight excluding hydrogens is 351 g/mol. The molecule has 1 aromatic rings. The molecule has 7 nitrogen and oxygen atoms in total. The van der Waals surface area contributed by atoms with Gasteiger partial charge >= 0.3 is 0 Å². The maximum absolute atomic E-state index is 14.1. The van der Waals surface area contributed by atoms with E-state index < -0.39 is 21.7 Å². The van der Waals surface area contributed by atoms with Crippen LogP contribution in [0.3, 0.4) is 0 Å². The number of hydrogen-bond donors (Lipinski definition) is 0. The van der Waals surface area contributed by atoms with Crippen LogP contribution in [0, 0.1) is 5.82 Å². The van der Waals surface area contributed by atoms with E-state index in [1.54, 1.807) is 14.2 Å². The third kappa shape index (κ3) is 4.75. The predicted octanol–water partition coefficient (Wildman–Crippen LogP) is 0.955. The largest absolute Gasteiger partial charge is 0.385 e. The highest BCUT2D eigenvalue weighted by Gasteiger charge is 2.28. The number of benzene rings is 1. The molecule has 0 aliphatic carbocycles. The van der Waals surface area contributed by atoms with Gasteiger partial charge in [0.15, 0.2) is 0 Å². The molecule has 0 atom stereocenters. The summed E-state index contributed by atoms with van der Waals surface area (Å²) in [6.45, 7) is 1.96. The number of morpholine rings is 1. The third-order valence-corrected chi connectivity index (χ3v) is 5.86. The monoisotopic (exact) mass is 374 g/mol. The zero-order chi connectivity index (χ0) is 18.4. The third-order valence-electron chi connectivity index (χ3n) is 3.96. The molecule has 1 amide bonds. The SMILES string of the molecule is COCCCN(C)C(=O)c1cc(S(=O)(=O)N2CCOCC2)ccc1F. The lowest BCUT2D eigenvalue weighted by molar-refractivity contribution is 0.0730. The number of carbonyl (C=O) groups excluding carboxylic acids is 1. The minimum absolute atomic E-state index is 0.0931. The van der Waals surface area contributed by atoms with E-state index in [1.807, 2.05) is 0 Å². The zero-order valence-corrected chi connectivity index (χ0v) is 15.2. The Morgan fingerprint density at radius 2 is 2.04 bits per heavy atom. The molecule has 0 saturated carbocycles. The molecule has 0 radical (unpaired) electrons. The van der Waals surface area contributed by atoms with Crippen LogP contribution < -0.4 is 0 Å². The molecule has 1 aromatic carbocycles. The summed E-state index contributed by atoms with van der Waals surface area (Å²) in [6, 6.07) is 3.31. The van der Waals surface area contributed by atoms with Crippen LogP contribution >= 0.6 is 0 Å². The highest BCUT2D eigenvalue weighted by Crippen LogP contribution is 2.21. The summed E-state index contributed by atoms with van der Waals surface area (Å²) in [5, 5.41) is 0. The second-order valence-electron chi connectivity index (χ2n) is 5.73. The van der Waals surface area contributed by atoms with Crippen molar-refractivity contribution in [2.75, 3.05) is 53.6 Å². The fourth-order valence-electron chi connectivity index (χ4n) is 2.52. The van der Waals surface area contributed by atoms with Crippen LogP contribution in [-0.4, -0.2) is 77.1 Å². The number of ether oxygens (including phenoxy) is 2. The Morgan fingerprint density at radius 3 is 2.68 bits per heavy atom. The van der Waals surface area contributed by atoms with Gasteiger partial charge < -0.3 is 14.4 Å². The summed E-state index contributed by atoms with van der Waals surface area (Å²) in [7, 11) is -0.686. The summed E-state index contributed by atoms with van der Waals surface area (Å²) in [4.78, 5) is 13.7. The van der Waals surface area contributed by atoms with Crippen LogP contribution in [0.5, 0.6) is 0 Å². The first-order valence-corrected chi connectivity index (χ1v) is 9.44. The molecule has 0 unspecified atom stereocenters. The average Bonchev–Trinajstić information content (AvgIpc) is 2.62. The van der Waals surface area contributed by atoms with Crippen molar-refractivity contribution in [3.05, 3.63) is 29.6 Å². The molecule has 2 rings (SSSR count). The van der Waals surface area contributed by atoms with Crippen molar-refractivity contribution in [1.82, 2.24) is 9.21 Å². The fraction of sp³-hybridized carbons (Fsp3) is 0.562. The predicted molar refractivity (Wildman–Crippen MR) is 89.4 cm³/mol. The smallest absolute Gasteiger partial charge is 0.256 e. The quantitative estimate of drug-likeness (QED) is 0.665. The van der Waals surface area contributed by atoms with Crippen LogP contribution in [0.2, 0.25) is 0 Å². The second kappa shape index (κ2) is 8.70. The Labute approximate surface area is 147 Å². The maximum Gasteiger partial charge on any atom is 0.256 e. The van der Waals surface area contributed by atoms with Crippen LogP contribution in [0.1, 0.15) is 16.8 Å². The van der Waals surface area contributed by atoms with Gasteiger partial charge in [0, 0.05) is 40.4 Å². The minimum atomic E-state index is -3.79. The molecule has 0 aromatic heterocycles. The van der Waals surface area contributed by atoms with E-state index in [9.17, 15) is 17.6 Å². The lowest BCUT2D eigenvalue weighted by Gasteiger charge is -2.26. The molecule has 1 aliphatic rings. The number of carbonyl (C=O) groups is 1. The van der Waals surface area contributed by atoms with Crippen LogP contribution in [-0.2, 0) is 19.5 Å². The van der Waals surface area contributed by atoms with Gasteiger partial charge in [0.25, 0.3) is 5.91 Å². The normalized spacial score (nSPS) is 16.0. The van der Waals surface area contributed by atoms with E-state index in [2.05, 4.69) is 0 Å². The molecule has 1 heterocycles. The summed E-state index contributed by atoms with van der Waals surface area (Å²) < 4.78 is 50.8. The molecule has 140 valence electrons. The highest BCUT2D eigenvalue weighted by atomic mass is 32.2. The first-order valence-electron chi connectivity index (χ1n) is 7.99. The van der Waals surface area contributed by atoms with Crippen LogP contribution in [0.4, 0.5) is 4.39 Å². The van der Waals surface area contributed by atoms with E-state index in [1.165, 1.54) is 15.3 Å². The van der Waals surface area contributed by atoms with Gasteiger partial charge in [-0.2, -0.15) is 4.31 Å². The summed E-state index contributed by atoms with van der Waals surface area (Å²) in [6.07, 6.45) is 0.603. The van der Waals surface area contributed by atoms with Gasteiger partial charge in [-0.3, -0.25) is 4.79 Å². The second-order valence-corrected chi connectivity index (χ2v) is 7.67. The number of amides is 1. The molecule has 9 heteroatoms. The van der Waals surface area contributed by atoms with Crippen LogP contribution in [0.15, 0.2) is 23.1 Å². The van der Waals surface area contributed by atoms with Gasteiger partial charge in [-0.05, 0) is 24.6 Å². The molecule has 1 saturated heterocycles. The molecule has 1 aliphatic heterocycles. The number of nitrogens with zero attached hydrogens (tertiary/aromatic N) is 2. The van der Waals surface area contributed by atoms with E-state index in [0.717, 1.165) is 12.1 Å². The Kier molecular flexibility index (Phi) is 6.88. The highest BCUT2D eigenvalue weighted by molar-refractivity contribution is 7.89. The zero-order valence-electron chi connectivity index (χ0n) is 14.4. The van der Waals surface area contributed by atoms with E-state index in [-0.39, 0.29) is 23.5 Å². The lowest BCUT2D eigenvalue weighted by Crippen LogP contribution is -2.40. The topological polar surface area (TPSA) is 76.2 Å². The van der Waals surface area contributed by atoms with E-state index in [4.69, 9.17) is 9.47 Å². The van der Waals surface area contributed by atoms with E-state index >= 15 is 0 Å². The molecule has 0 bridgehead atoms. The Balaban J connectivity index is 2.23. The summed E-state index contributed by atoms with van der Waals surface area (Å²) in [5.41, 5.74) is -0.255. The minimum Gasteiger partial charge on any atom is -0.385 e. The van der Waals surface area contributed by atoms with Gasteiger partial charge in [0.2, 0.25) is 10.0 Å². The van der Waals surface area contributed by atoms with E-state index in [0.29, 0.717) is 32.8 Å². The van der Waals surface area contributed by atoms with Crippen molar-refractivity contribution >= 4 is 15.9 Å². The summed E-state index contributed by atoms with van der Waals surface area (Å²) in [5.74, 6) is -1.31. The lowest BCUT2D eigenvalue weighted by atomic mass is 10.2. The van der Waals surface area contributed by atoms with Crippen molar-refractivity contribution < 1.29 is 27.1 Å². The standard InChI is InChI=1S/C16H23FN2O5S/c1-18(6-3-9-23-2)16(20)14-12-13(4-5-15(14)17)25(21,22)19-7-10-24-11-8-19/h4-5,12H,3,6-11H2,1-2H3. The maximum atomic E-state index is 14.1. The fourth-order valence-corrected chi connectivity index (χ4v) is 3.95. The number of methoxy groups -OCH3 is 1. The van der Waals surface area contributed by atoms with Gasteiger partial charge in [0.1, 0.15) is 5.82 Å². The number of rotatable bonds is 7. The Morgan fingerprint density at radius 1 is 1.36 bits per heavy atom. The van der Waals surface area contributed by atoms with Crippen molar-refractivity contribution in [1.29, 1.82) is 0 Å².